The highest BCUT2D eigenvalue weighted by Crippen LogP contribution is 2.30. The Hall–Kier alpha value is -3.49. The van der Waals surface area contributed by atoms with Gasteiger partial charge in [0.2, 0.25) is 0 Å². The zero-order chi connectivity index (χ0) is 18.4. The lowest BCUT2D eigenvalue weighted by Crippen LogP contribution is -2.44. The third-order valence-electron chi connectivity index (χ3n) is 4.15. The molecule has 0 radical (unpaired) electrons. The molecule has 0 spiro atoms. The first-order valence-electron chi connectivity index (χ1n) is 8.05. The summed E-state index contributed by atoms with van der Waals surface area (Å²) in [7, 11) is 0. The summed E-state index contributed by atoms with van der Waals surface area (Å²) in [5.41, 5.74) is 6.62. The monoisotopic (exact) mass is 343 g/mol. The number of benzene rings is 2. The molecule has 0 aliphatic carbocycles. The summed E-state index contributed by atoms with van der Waals surface area (Å²) in [5.74, 6) is 4.90. The number of carbonyl (C=O) groups is 1. The number of hydrogen-bond donors (Lipinski definition) is 2. The van der Waals surface area contributed by atoms with Gasteiger partial charge in [0.25, 0.3) is 0 Å². The van der Waals surface area contributed by atoms with Gasteiger partial charge in [-0.3, -0.25) is 4.79 Å². The Morgan fingerprint density at radius 2 is 1.65 bits per heavy atom. The molecular formula is C21H17N3O2. The minimum Gasteiger partial charge on any atom is -0.480 e. The Bertz CT molecular complexity index is 963. The topological polar surface area (TPSA) is 89.1 Å². The Labute approximate surface area is 151 Å². The molecule has 1 atom stereocenters. The van der Waals surface area contributed by atoms with Crippen molar-refractivity contribution >= 4 is 5.97 Å². The fourth-order valence-corrected chi connectivity index (χ4v) is 2.73. The minimum absolute atomic E-state index is 0.130. The number of aliphatic carboxylic acids is 1. The molecule has 3 aromatic rings. The molecule has 0 aliphatic rings. The first-order valence-corrected chi connectivity index (χ1v) is 8.05. The number of hydrogen-bond acceptors (Lipinski definition) is 4. The van der Waals surface area contributed by atoms with Gasteiger partial charge < -0.3 is 10.8 Å². The van der Waals surface area contributed by atoms with Gasteiger partial charge in [0.05, 0.1) is 5.69 Å². The van der Waals surface area contributed by atoms with Crippen molar-refractivity contribution in [1.82, 2.24) is 9.97 Å². The molecule has 0 fully saturated rings. The standard InChI is InChI=1S/C21H17N3O2/c22-14-21(20(25)26,17-9-5-2-6-10-17)19-13-18(23-15-24-19)12-11-16-7-3-1-4-8-16/h1-10,13,15H,14,22H2,(H,25,26). The second kappa shape index (κ2) is 7.60. The highest BCUT2D eigenvalue weighted by atomic mass is 16.4. The van der Waals surface area contributed by atoms with Gasteiger partial charge in [0.1, 0.15) is 17.4 Å². The summed E-state index contributed by atoms with van der Waals surface area (Å²) in [5, 5.41) is 9.95. The summed E-state index contributed by atoms with van der Waals surface area (Å²) >= 11 is 0. The Morgan fingerprint density at radius 1 is 1.00 bits per heavy atom. The van der Waals surface area contributed by atoms with E-state index in [-0.39, 0.29) is 6.54 Å². The van der Waals surface area contributed by atoms with Crippen LogP contribution in [-0.2, 0) is 10.2 Å². The second-order valence-corrected chi connectivity index (χ2v) is 5.69. The van der Waals surface area contributed by atoms with E-state index in [4.69, 9.17) is 5.73 Å². The first-order chi connectivity index (χ1) is 12.7. The molecule has 0 aliphatic heterocycles. The predicted molar refractivity (Wildman–Crippen MR) is 98.4 cm³/mol. The van der Waals surface area contributed by atoms with Crippen LogP contribution < -0.4 is 5.73 Å². The molecule has 2 aromatic carbocycles. The van der Waals surface area contributed by atoms with E-state index >= 15 is 0 Å². The number of carboxylic acid groups (broad SMARTS) is 1. The van der Waals surface area contributed by atoms with Crippen molar-refractivity contribution in [1.29, 1.82) is 0 Å². The maximum atomic E-state index is 12.2. The molecule has 0 saturated carbocycles. The lowest BCUT2D eigenvalue weighted by atomic mass is 9.77. The molecule has 3 rings (SSSR count). The van der Waals surface area contributed by atoms with Gasteiger partial charge >= 0.3 is 5.97 Å². The van der Waals surface area contributed by atoms with Crippen molar-refractivity contribution in [2.24, 2.45) is 5.73 Å². The molecule has 3 N–H and O–H groups in total. The normalized spacial score (nSPS) is 12.5. The maximum Gasteiger partial charge on any atom is 0.321 e. The van der Waals surface area contributed by atoms with Gasteiger partial charge in [-0.15, -0.1) is 0 Å². The van der Waals surface area contributed by atoms with E-state index in [2.05, 4.69) is 21.8 Å². The van der Waals surface area contributed by atoms with Crippen LogP contribution in [0, 0.1) is 11.8 Å². The quantitative estimate of drug-likeness (QED) is 0.709. The summed E-state index contributed by atoms with van der Waals surface area (Å²) in [4.78, 5) is 20.5. The van der Waals surface area contributed by atoms with Crippen LogP contribution in [0.4, 0.5) is 0 Å². The lowest BCUT2D eigenvalue weighted by molar-refractivity contribution is -0.141. The van der Waals surface area contributed by atoms with Gasteiger partial charge in [0.15, 0.2) is 0 Å². The molecule has 128 valence electrons. The van der Waals surface area contributed by atoms with Gasteiger partial charge in [-0.1, -0.05) is 54.5 Å². The number of nitrogens with zero attached hydrogens (tertiary/aromatic N) is 2. The number of aromatic nitrogens is 2. The number of nitrogens with two attached hydrogens (primary N) is 1. The molecule has 26 heavy (non-hydrogen) atoms. The maximum absolute atomic E-state index is 12.2. The smallest absolute Gasteiger partial charge is 0.321 e. The molecule has 0 saturated heterocycles. The van der Waals surface area contributed by atoms with Crippen LogP contribution in [0.5, 0.6) is 0 Å². The molecule has 1 aromatic heterocycles. The highest BCUT2D eigenvalue weighted by Gasteiger charge is 2.42. The summed E-state index contributed by atoms with van der Waals surface area (Å²) in [6.45, 7) is -0.130. The summed E-state index contributed by atoms with van der Waals surface area (Å²) < 4.78 is 0. The van der Waals surface area contributed by atoms with Crippen LogP contribution in [0.2, 0.25) is 0 Å². The van der Waals surface area contributed by atoms with Crippen molar-refractivity contribution in [2.45, 2.75) is 5.41 Å². The molecule has 1 unspecified atom stereocenters. The second-order valence-electron chi connectivity index (χ2n) is 5.69. The third kappa shape index (κ3) is 3.32. The van der Waals surface area contributed by atoms with Crippen LogP contribution in [0.3, 0.4) is 0 Å². The van der Waals surface area contributed by atoms with Crippen LogP contribution >= 0.6 is 0 Å². The fourth-order valence-electron chi connectivity index (χ4n) is 2.73. The van der Waals surface area contributed by atoms with Crippen LogP contribution in [-0.4, -0.2) is 27.6 Å². The van der Waals surface area contributed by atoms with E-state index in [9.17, 15) is 9.90 Å². The molecular weight excluding hydrogens is 326 g/mol. The Balaban J connectivity index is 2.07. The minimum atomic E-state index is -1.45. The van der Waals surface area contributed by atoms with Gasteiger partial charge in [-0.2, -0.15) is 0 Å². The van der Waals surface area contributed by atoms with E-state index in [0.29, 0.717) is 17.0 Å². The van der Waals surface area contributed by atoms with Crippen molar-refractivity contribution in [2.75, 3.05) is 6.54 Å². The molecule has 0 bridgehead atoms. The first kappa shape index (κ1) is 17.3. The molecule has 5 nitrogen and oxygen atoms in total. The molecule has 1 heterocycles. The molecule has 5 heteroatoms. The largest absolute Gasteiger partial charge is 0.480 e. The van der Waals surface area contributed by atoms with E-state index in [1.807, 2.05) is 36.4 Å². The zero-order valence-electron chi connectivity index (χ0n) is 14.0. The summed E-state index contributed by atoms with van der Waals surface area (Å²) in [6, 6.07) is 19.9. The third-order valence-corrected chi connectivity index (χ3v) is 4.15. The van der Waals surface area contributed by atoms with Crippen molar-refractivity contribution in [3.05, 3.63) is 95.6 Å². The average molecular weight is 343 g/mol. The predicted octanol–water partition coefficient (Wildman–Crippen LogP) is 2.21. The molecule has 0 amide bonds. The van der Waals surface area contributed by atoms with Crippen molar-refractivity contribution < 1.29 is 9.90 Å². The van der Waals surface area contributed by atoms with E-state index in [1.165, 1.54) is 6.33 Å². The van der Waals surface area contributed by atoms with Crippen LogP contribution in [0.1, 0.15) is 22.5 Å². The zero-order valence-corrected chi connectivity index (χ0v) is 14.0. The average Bonchev–Trinajstić information content (AvgIpc) is 2.69. The van der Waals surface area contributed by atoms with Crippen molar-refractivity contribution in [3.63, 3.8) is 0 Å². The Morgan fingerprint density at radius 3 is 2.27 bits per heavy atom. The SMILES string of the molecule is NCC(C(=O)O)(c1ccccc1)c1cc(C#Cc2ccccc2)ncn1. The van der Waals surface area contributed by atoms with Crippen LogP contribution in [0.25, 0.3) is 0 Å². The van der Waals surface area contributed by atoms with Gasteiger partial charge in [-0.05, 0) is 29.7 Å². The van der Waals surface area contributed by atoms with Crippen molar-refractivity contribution in [3.8, 4) is 11.8 Å². The highest BCUT2D eigenvalue weighted by molar-refractivity contribution is 5.86. The lowest BCUT2D eigenvalue weighted by Gasteiger charge is -2.27. The van der Waals surface area contributed by atoms with Gasteiger partial charge in [-0.25, -0.2) is 9.97 Å². The Kier molecular flexibility index (Phi) is 5.07. The fraction of sp³-hybridized carbons (Fsp3) is 0.0952. The summed E-state index contributed by atoms with van der Waals surface area (Å²) in [6.07, 6.45) is 1.32. The number of carboxylic acids is 1. The van der Waals surface area contributed by atoms with E-state index < -0.39 is 11.4 Å². The number of rotatable bonds is 4. The van der Waals surface area contributed by atoms with E-state index in [1.54, 1.807) is 30.3 Å². The van der Waals surface area contributed by atoms with Crippen LogP contribution in [0.15, 0.2) is 73.1 Å². The van der Waals surface area contributed by atoms with E-state index in [0.717, 1.165) is 5.56 Å². The van der Waals surface area contributed by atoms with Gasteiger partial charge in [0, 0.05) is 12.1 Å².